The predicted octanol–water partition coefficient (Wildman–Crippen LogP) is 4.90. The minimum atomic E-state index is -0.204. The highest BCUT2D eigenvalue weighted by Crippen LogP contribution is 2.25. The first kappa shape index (κ1) is 17.2. The van der Waals surface area contributed by atoms with E-state index < -0.39 is 0 Å². The smallest absolute Gasteiger partial charge is 0.231 e. The molecule has 0 aliphatic rings. The summed E-state index contributed by atoms with van der Waals surface area (Å²) in [5.74, 6) is 0.364. The molecule has 1 atom stereocenters. The molecule has 1 heterocycles. The average molecular weight is 419 g/mol. The van der Waals surface area contributed by atoms with Gasteiger partial charge >= 0.3 is 0 Å². The number of amides is 1. The number of nitrogens with zero attached hydrogens (tertiary/aromatic N) is 1. The minimum Gasteiger partial charge on any atom is -0.342 e. The van der Waals surface area contributed by atoms with Crippen LogP contribution in [0.3, 0.4) is 0 Å². The first-order valence-corrected chi connectivity index (χ1v) is 10.0. The van der Waals surface area contributed by atoms with Gasteiger partial charge in [-0.15, -0.1) is 23.1 Å². The molecule has 3 aromatic rings. The van der Waals surface area contributed by atoms with Crippen LogP contribution in [-0.4, -0.2) is 16.6 Å². The Hall–Kier alpha value is -1.63. The Morgan fingerprint density at radius 2 is 1.92 bits per heavy atom. The van der Waals surface area contributed by atoms with Gasteiger partial charge in [-0.05, 0) is 29.8 Å². The van der Waals surface area contributed by atoms with Crippen LogP contribution in [-0.2, 0) is 4.79 Å². The molecule has 3 rings (SSSR count). The fraction of sp³-hybridized carbons (Fsp3) is 0.111. The van der Waals surface area contributed by atoms with Gasteiger partial charge in [-0.25, -0.2) is 4.98 Å². The summed E-state index contributed by atoms with van der Waals surface area (Å²) in [4.78, 5) is 17.8. The fourth-order valence-corrected chi connectivity index (χ4v) is 3.88. The normalized spacial score (nSPS) is 11.9. The lowest BCUT2D eigenvalue weighted by Gasteiger charge is -2.17. The second-order valence-electron chi connectivity index (χ2n) is 5.02. The minimum absolute atomic E-state index is 0.00743. The van der Waals surface area contributed by atoms with Gasteiger partial charge < -0.3 is 5.32 Å². The zero-order valence-electron chi connectivity index (χ0n) is 12.7. The van der Waals surface area contributed by atoms with Crippen molar-refractivity contribution in [1.82, 2.24) is 10.3 Å². The van der Waals surface area contributed by atoms with E-state index in [1.807, 2.05) is 60.0 Å². The molecule has 0 fully saturated rings. The summed E-state index contributed by atoms with van der Waals surface area (Å²) in [7, 11) is 0. The van der Waals surface area contributed by atoms with E-state index in [4.69, 9.17) is 0 Å². The van der Waals surface area contributed by atoms with Crippen LogP contribution in [0.5, 0.6) is 0 Å². The van der Waals surface area contributed by atoms with Gasteiger partial charge in [0.15, 0.2) is 0 Å². The van der Waals surface area contributed by atoms with Crippen LogP contribution >= 0.6 is 39.0 Å². The van der Waals surface area contributed by atoms with Crippen LogP contribution in [0.4, 0.5) is 0 Å². The van der Waals surface area contributed by atoms with Crippen LogP contribution in [0, 0.1) is 0 Å². The van der Waals surface area contributed by atoms with Crippen molar-refractivity contribution < 1.29 is 4.79 Å². The molecule has 0 aliphatic carbocycles. The summed E-state index contributed by atoms with van der Waals surface area (Å²) in [6, 6.07) is 17.7. The number of thioether (sulfide) groups is 1. The lowest BCUT2D eigenvalue weighted by molar-refractivity contribution is -0.119. The maximum Gasteiger partial charge on any atom is 0.231 e. The number of carbonyl (C=O) groups excluding carboxylic acids is 1. The molecule has 1 amide bonds. The van der Waals surface area contributed by atoms with Crippen molar-refractivity contribution in [1.29, 1.82) is 0 Å². The summed E-state index contributed by atoms with van der Waals surface area (Å²) < 4.78 is 1.03. The predicted molar refractivity (Wildman–Crippen MR) is 103 cm³/mol. The molecule has 0 spiro atoms. The first-order chi connectivity index (χ1) is 11.7. The average Bonchev–Trinajstić information content (AvgIpc) is 3.14. The van der Waals surface area contributed by atoms with Gasteiger partial charge in [0, 0.05) is 20.9 Å². The topological polar surface area (TPSA) is 42.0 Å². The van der Waals surface area contributed by atoms with E-state index in [-0.39, 0.29) is 11.9 Å². The maximum absolute atomic E-state index is 12.4. The van der Waals surface area contributed by atoms with Crippen molar-refractivity contribution in [3.8, 4) is 0 Å². The van der Waals surface area contributed by atoms with Crippen molar-refractivity contribution in [2.24, 2.45) is 0 Å². The largest absolute Gasteiger partial charge is 0.342 e. The SMILES string of the molecule is O=C(CSc1ccc(Br)cc1)NC(c1ccccc1)c1nccs1. The van der Waals surface area contributed by atoms with Crippen LogP contribution in [0.1, 0.15) is 16.6 Å². The third-order valence-corrected chi connectivity index (χ3v) is 5.70. The Morgan fingerprint density at radius 1 is 1.17 bits per heavy atom. The molecule has 0 saturated carbocycles. The number of nitrogens with one attached hydrogen (secondary N) is 1. The summed E-state index contributed by atoms with van der Waals surface area (Å²) in [5, 5.41) is 5.91. The standard InChI is InChI=1S/C18H15BrN2OS2/c19-14-6-8-15(9-7-14)24-12-16(22)21-17(18-20-10-11-23-18)13-4-2-1-3-5-13/h1-11,17H,12H2,(H,21,22). The van der Waals surface area contributed by atoms with Gasteiger partial charge in [-0.3, -0.25) is 4.79 Å². The van der Waals surface area contributed by atoms with E-state index >= 15 is 0 Å². The number of thiazole rings is 1. The van der Waals surface area contributed by atoms with Crippen molar-refractivity contribution in [3.63, 3.8) is 0 Å². The summed E-state index contributed by atoms with van der Waals surface area (Å²) in [5.41, 5.74) is 1.04. The highest BCUT2D eigenvalue weighted by atomic mass is 79.9. The Morgan fingerprint density at radius 3 is 2.58 bits per heavy atom. The number of halogens is 1. The van der Waals surface area contributed by atoms with E-state index in [1.165, 1.54) is 11.8 Å². The molecule has 6 heteroatoms. The number of hydrogen-bond donors (Lipinski definition) is 1. The third kappa shape index (κ3) is 4.69. The molecule has 3 nitrogen and oxygen atoms in total. The molecule has 0 bridgehead atoms. The molecule has 0 radical (unpaired) electrons. The third-order valence-electron chi connectivity index (χ3n) is 3.32. The highest BCUT2D eigenvalue weighted by molar-refractivity contribution is 9.10. The van der Waals surface area contributed by atoms with Gasteiger partial charge in [0.2, 0.25) is 5.91 Å². The molecule has 2 aromatic carbocycles. The number of aromatic nitrogens is 1. The molecular weight excluding hydrogens is 404 g/mol. The Kier molecular flexibility index (Phi) is 6.07. The van der Waals surface area contributed by atoms with Crippen molar-refractivity contribution in [2.75, 3.05) is 5.75 Å². The first-order valence-electron chi connectivity index (χ1n) is 7.34. The van der Waals surface area contributed by atoms with Crippen molar-refractivity contribution in [3.05, 3.63) is 81.2 Å². The molecule has 1 N–H and O–H groups in total. The van der Waals surface area contributed by atoms with E-state index in [9.17, 15) is 4.79 Å². The number of hydrogen-bond acceptors (Lipinski definition) is 4. The second-order valence-corrected chi connectivity index (χ2v) is 7.91. The lowest BCUT2D eigenvalue weighted by atomic mass is 10.1. The second kappa shape index (κ2) is 8.46. The molecule has 24 heavy (non-hydrogen) atoms. The van der Waals surface area contributed by atoms with Gasteiger partial charge in [-0.1, -0.05) is 46.3 Å². The zero-order valence-corrected chi connectivity index (χ0v) is 15.9. The molecule has 1 aromatic heterocycles. The lowest BCUT2D eigenvalue weighted by Crippen LogP contribution is -2.30. The molecule has 0 saturated heterocycles. The van der Waals surface area contributed by atoms with E-state index in [0.29, 0.717) is 5.75 Å². The maximum atomic E-state index is 12.4. The Balaban J connectivity index is 1.66. The number of carbonyl (C=O) groups is 1. The summed E-state index contributed by atoms with van der Waals surface area (Å²) in [6.45, 7) is 0. The quantitative estimate of drug-likeness (QED) is 0.578. The van der Waals surface area contributed by atoms with E-state index in [1.54, 1.807) is 17.5 Å². The monoisotopic (exact) mass is 418 g/mol. The van der Waals surface area contributed by atoms with Gasteiger partial charge in [-0.2, -0.15) is 0 Å². The molecule has 122 valence electrons. The van der Waals surface area contributed by atoms with Crippen LogP contribution in [0.25, 0.3) is 0 Å². The van der Waals surface area contributed by atoms with Crippen LogP contribution in [0.15, 0.2) is 75.5 Å². The van der Waals surface area contributed by atoms with Crippen LogP contribution < -0.4 is 5.32 Å². The zero-order chi connectivity index (χ0) is 16.8. The highest BCUT2D eigenvalue weighted by Gasteiger charge is 2.19. The summed E-state index contributed by atoms with van der Waals surface area (Å²) >= 11 is 6.48. The number of rotatable bonds is 6. The molecular formula is C18H15BrN2OS2. The van der Waals surface area contributed by atoms with Gasteiger partial charge in [0.05, 0.1) is 5.75 Å². The Bertz CT molecular complexity index is 777. The fourth-order valence-electron chi connectivity index (χ4n) is 2.19. The number of benzene rings is 2. The molecule has 0 aliphatic heterocycles. The van der Waals surface area contributed by atoms with E-state index in [0.717, 1.165) is 19.9 Å². The van der Waals surface area contributed by atoms with Gasteiger partial charge in [0.25, 0.3) is 0 Å². The van der Waals surface area contributed by atoms with Crippen molar-refractivity contribution in [2.45, 2.75) is 10.9 Å². The van der Waals surface area contributed by atoms with Crippen molar-refractivity contribution >= 4 is 44.9 Å². The van der Waals surface area contributed by atoms with Gasteiger partial charge in [0.1, 0.15) is 11.0 Å². The summed E-state index contributed by atoms with van der Waals surface area (Å²) in [6.07, 6.45) is 1.76. The Labute approximate surface area is 157 Å². The van der Waals surface area contributed by atoms with Crippen LogP contribution in [0.2, 0.25) is 0 Å². The molecule has 1 unspecified atom stereocenters. The van der Waals surface area contributed by atoms with E-state index in [2.05, 4.69) is 26.2 Å².